The van der Waals surface area contributed by atoms with Crippen LogP contribution in [-0.4, -0.2) is 47.4 Å². The molecule has 2 rings (SSSR count). The maximum Gasteiger partial charge on any atom is 0.410 e. The predicted molar refractivity (Wildman–Crippen MR) is 107 cm³/mol. The second-order valence-corrected chi connectivity index (χ2v) is 9.26. The molecule has 0 radical (unpaired) electrons. The number of carbonyl (C=O) groups is 2. The number of nitrogens with zero attached hydrogens (tertiary/aromatic N) is 1. The highest BCUT2D eigenvalue weighted by Gasteiger charge is 2.28. The van der Waals surface area contributed by atoms with E-state index < -0.39 is 23.0 Å². The van der Waals surface area contributed by atoms with Crippen LogP contribution in [0.1, 0.15) is 70.3 Å². The molecule has 1 aromatic rings. The summed E-state index contributed by atoms with van der Waals surface area (Å²) in [6.45, 7) is 11.8. The number of piperidine rings is 1. The topological polar surface area (TPSA) is 65.1 Å². The standard InChI is InChI=1S/C22H32FNO5/c1-21(2,3)28-19(25)17-9-7-8-15(18(17)23)14-27-16-10-12-24(13-11-16)20(26)29-22(4,5)6/h7-9,16H,10-14H2,1-6H3. The fraction of sp³-hybridized carbons (Fsp3) is 0.636. The Morgan fingerprint density at radius 3 is 2.17 bits per heavy atom. The highest BCUT2D eigenvalue weighted by atomic mass is 19.1. The normalized spacial score (nSPS) is 15.9. The summed E-state index contributed by atoms with van der Waals surface area (Å²) >= 11 is 0. The Bertz CT molecular complexity index is 728. The lowest BCUT2D eigenvalue weighted by atomic mass is 10.1. The van der Waals surface area contributed by atoms with Crippen LogP contribution < -0.4 is 0 Å². The third-order valence-corrected chi connectivity index (χ3v) is 4.27. The molecule has 1 saturated heterocycles. The summed E-state index contributed by atoms with van der Waals surface area (Å²) in [6, 6.07) is 4.62. The van der Waals surface area contributed by atoms with Gasteiger partial charge in [0.2, 0.25) is 0 Å². The fourth-order valence-electron chi connectivity index (χ4n) is 2.92. The molecule has 0 aliphatic carbocycles. The van der Waals surface area contributed by atoms with Crippen molar-refractivity contribution in [2.24, 2.45) is 0 Å². The number of halogens is 1. The second-order valence-electron chi connectivity index (χ2n) is 9.26. The highest BCUT2D eigenvalue weighted by Crippen LogP contribution is 2.21. The van der Waals surface area contributed by atoms with E-state index in [1.54, 1.807) is 37.8 Å². The van der Waals surface area contributed by atoms with Gasteiger partial charge in [-0.3, -0.25) is 0 Å². The minimum atomic E-state index is -0.696. The molecule has 0 unspecified atom stereocenters. The Morgan fingerprint density at radius 1 is 1.03 bits per heavy atom. The zero-order valence-corrected chi connectivity index (χ0v) is 18.2. The van der Waals surface area contributed by atoms with Crippen LogP contribution in [0.3, 0.4) is 0 Å². The fourth-order valence-corrected chi connectivity index (χ4v) is 2.92. The molecule has 0 spiro atoms. The summed E-state index contributed by atoms with van der Waals surface area (Å²) < 4.78 is 31.2. The predicted octanol–water partition coefficient (Wildman–Crippen LogP) is 4.70. The van der Waals surface area contributed by atoms with Gasteiger partial charge in [-0.1, -0.05) is 12.1 Å². The van der Waals surface area contributed by atoms with Crippen LogP contribution in [0, 0.1) is 5.82 Å². The summed E-state index contributed by atoms with van der Waals surface area (Å²) in [5, 5.41) is 0. The van der Waals surface area contributed by atoms with Gasteiger partial charge in [0, 0.05) is 18.7 Å². The van der Waals surface area contributed by atoms with Gasteiger partial charge in [0.25, 0.3) is 0 Å². The van der Waals surface area contributed by atoms with Gasteiger partial charge in [-0.05, 0) is 60.5 Å². The van der Waals surface area contributed by atoms with Crippen LogP contribution in [-0.2, 0) is 20.8 Å². The first-order chi connectivity index (χ1) is 13.4. The number of ether oxygens (including phenoxy) is 3. The molecule has 0 bridgehead atoms. The molecule has 0 saturated carbocycles. The van der Waals surface area contributed by atoms with Crippen LogP contribution in [0.25, 0.3) is 0 Å². The van der Waals surface area contributed by atoms with E-state index in [0.29, 0.717) is 31.5 Å². The zero-order valence-electron chi connectivity index (χ0n) is 18.2. The van der Waals surface area contributed by atoms with Gasteiger partial charge in [0.1, 0.15) is 17.0 Å². The Morgan fingerprint density at radius 2 is 1.62 bits per heavy atom. The number of hydrogen-bond acceptors (Lipinski definition) is 5. The highest BCUT2D eigenvalue weighted by molar-refractivity contribution is 5.90. The van der Waals surface area contributed by atoms with E-state index in [0.717, 1.165) is 0 Å². The molecular formula is C22H32FNO5. The van der Waals surface area contributed by atoms with Crippen molar-refractivity contribution in [2.75, 3.05) is 13.1 Å². The summed E-state index contributed by atoms with van der Waals surface area (Å²) in [6.07, 6.45) is 0.879. The van der Waals surface area contributed by atoms with Crippen LogP contribution in [0.2, 0.25) is 0 Å². The first-order valence-electron chi connectivity index (χ1n) is 9.96. The molecule has 0 N–H and O–H groups in total. The third kappa shape index (κ3) is 7.31. The lowest BCUT2D eigenvalue weighted by molar-refractivity contribution is -0.0176. The van der Waals surface area contributed by atoms with E-state index >= 15 is 0 Å². The first kappa shape index (κ1) is 23.1. The second kappa shape index (κ2) is 9.11. The van der Waals surface area contributed by atoms with E-state index in [-0.39, 0.29) is 24.4 Å². The lowest BCUT2D eigenvalue weighted by Crippen LogP contribution is -2.43. The molecule has 7 heteroatoms. The molecule has 1 aliphatic rings. The van der Waals surface area contributed by atoms with E-state index in [4.69, 9.17) is 14.2 Å². The molecule has 1 amide bonds. The SMILES string of the molecule is CC(C)(C)OC(=O)c1cccc(COC2CCN(C(=O)OC(C)(C)C)CC2)c1F. The van der Waals surface area contributed by atoms with Crippen LogP contribution in [0.4, 0.5) is 9.18 Å². The van der Waals surface area contributed by atoms with Gasteiger partial charge < -0.3 is 19.1 Å². The Balaban J connectivity index is 1.89. The van der Waals surface area contributed by atoms with E-state index in [2.05, 4.69) is 0 Å². The minimum Gasteiger partial charge on any atom is -0.456 e. The quantitative estimate of drug-likeness (QED) is 0.675. The third-order valence-electron chi connectivity index (χ3n) is 4.27. The molecule has 1 aliphatic heterocycles. The lowest BCUT2D eigenvalue weighted by Gasteiger charge is -2.33. The van der Waals surface area contributed by atoms with Gasteiger partial charge >= 0.3 is 12.1 Å². The van der Waals surface area contributed by atoms with Crippen LogP contribution >= 0.6 is 0 Å². The Kier molecular flexibility index (Phi) is 7.27. The Hall–Kier alpha value is -2.15. The average Bonchev–Trinajstić information content (AvgIpc) is 2.58. The van der Waals surface area contributed by atoms with Crippen molar-refractivity contribution < 1.29 is 28.2 Å². The van der Waals surface area contributed by atoms with E-state index in [1.165, 1.54) is 6.07 Å². The molecule has 0 atom stereocenters. The van der Waals surface area contributed by atoms with Gasteiger partial charge in [-0.2, -0.15) is 0 Å². The van der Waals surface area contributed by atoms with Crippen molar-refractivity contribution in [1.29, 1.82) is 0 Å². The molecule has 1 fully saturated rings. The first-order valence-corrected chi connectivity index (χ1v) is 9.96. The van der Waals surface area contributed by atoms with Crippen molar-refractivity contribution in [1.82, 2.24) is 4.90 Å². The average molecular weight is 409 g/mol. The maximum atomic E-state index is 14.7. The largest absolute Gasteiger partial charge is 0.456 e. The van der Waals surface area contributed by atoms with Crippen molar-refractivity contribution >= 4 is 12.1 Å². The molecule has 6 nitrogen and oxygen atoms in total. The molecule has 162 valence electrons. The van der Waals surface area contributed by atoms with Gasteiger partial charge in [0.15, 0.2) is 0 Å². The van der Waals surface area contributed by atoms with Crippen LogP contribution in [0.5, 0.6) is 0 Å². The van der Waals surface area contributed by atoms with Crippen molar-refractivity contribution in [2.45, 2.75) is 78.3 Å². The summed E-state index contributed by atoms with van der Waals surface area (Å²) in [7, 11) is 0. The summed E-state index contributed by atoms with van der Waals surface area (Å²) in [5.74, 6) is -1.31. The summed E-state index contributed by atoms with van der Waals surface area (Å²) in [4.78, 5) is 26.0. The maximum absolute atomic E-state index is 14.7. The van der Waals surface area contributed by atoms with Gasteiger partial charge in [-0.25, -0.2) is 14.0 Å². The molecule has 1 aromatic carbocycles. The van der Waals surface area contributed by atoms with E-state index in [1.807, 2.05) is 20.8 Å². The van der Waals surface area contributed by atoms with Crippen molar-refractivity contribution in [3.8, 4) is 0 Å². The van der Waals surface area contributed by atoms with Crippen molar-refractivity contribution in [3.05, 3.63) is 35.1 Å². The number of carbonyl (C=O) groups excluding carboxylic acids is 2. The smallest absolute Gasteiger partial charge is 0.410 e. The van der Waals surface area contributed by atoms with E-state index in [9.17, 15) is 14.0 Å². The molecule has 0 aromatic heterocycles. The molecule has 1 heterocycles. The molecular weight excluding hydrogens is 377 g/mol. The number of hydrogen-bond donors (Lipinski definition) is 0. The zero-order chi connectivity index (χ0) is 21.8. The number of likely N-dealkylation sites (tertiary alicyclic amines) is 1. The van der Waals surface area contributed by atoms with Gasteiger partial charge in [-0.15, -0.1) is 0 Å². The molecule has 29 heavy (non-hydrogen) atoms. The monoisotopic (exact) mass is 409 g/mol. The number of amides is 1. The van der Waals surface area contributed by atoms with Gasteiger partial charge in [0.05, 0.1) is 18.3 Å². The minimum absolute atomic E-state index is 0.0551. The van der Waals surface area contributed by atoms with Crippen molar-refractivity contribution in [3.63, 3.8) is 0 Å². The number of rotatable bonds is 4. The van der Waals surface area contributed by atoms with Crippen LogP contribution in [0.15, 0.2) is 18.2 Å². The number of benzene rings is 1. The Labute approximate surface area is 172 Å². The summed E-state index contributed by atoms with van der Waals surface area (Å²) in [5.41, 5.74) is -1.01. The number of esters is 1.